The Bertz CT molecular complexity index is 2460. The molecule has 3 aromatic heterocycles. The first-order chi connectivity index (χ1) is 21.2. The number of rotatable bonds is 3. The van der Waals surface area contributed by atoms with Crippen LogP contribution in [0.3, 0.4) is 0 Å². The molecule has 0 N–H and O–H groups in total. The number of thiazole rings is 1. The maximum atomic E-state index is 9.41. The van der Waals surface area contributed by atoms with Crippen molar-refractivity contribution in [2.24, 2.45) is 0 Å². The highest BCUT2D eigenvalue weighted by atomic mass is 32.1. The van der Waals surface area contributed by atoms with E-state index in [0.29, 0.717) is 5.56 Å². The standard InChI is InChI=1S/C38H20N2O2S/c39-21-22-9-14-32-37(15-22)43-38(40-32)27-17-25(23-10-12-30-28-5-1-3-7-33(28)41-35(30)19-23)16-26(18-27)24-11-13-31-29-6-2-4-8-34(29)42-36(31)20-24/h1-20H. The van der Waals surface area contributed by atoms with Crippen LogP contribution < -0.4 is 0 Å². The summed E-state index contributed by atoms with van der Waals surface area (Å²) in [5, 5.41) is 14.7. The molecule has 0 aliphatic rings. The number of nitriles is 1. The molecule has 0 atom stereocenters. The normalized spacial score (nSPS) is 11.7. The van der Waals surface area contributed by atoms with Crippen LogP contribution >= 0.6 is 11.3 Å². The molecule has 0 saturated heterocycles. The van der Waals surface area contributed by atoms with Crippen molar-refractivity contribution in [3.8, 4) is 38.9 Å². The second-order valence-corrected chi connectivity index (χ2v) is 11.8. The third kappa shape index (κ3) is 3.85. The summed E-state index contributed by atoms with van der Waals surface area (Å²) >= 11 is 1.60. The highest BCUT2D eigenvalue weighted by Gasteiger charge is 2.15. The highest BCUT2D eigenvalue weighted by molar-refractivity contribution is 7.21. The van der Waals surface area contributed by atoms with E-state index in [1.165, 1.54) is 0 Å². The summed E-state index contributed by atoms with van der Waals surface area (Å²) < 4.78 is 13.5. The fourth-order valence-electron chi connectivity index (χ4n) is 6.01. The van der Waals surface area contributed by atoms with Gasteiger partial charge in [-0.2, -0.15) is 5.26 Å². The summed E-state index contributed by atoms with van der Waals surface area (Å²) in [6, 6.07) is 43.6. The third-order valence-electron chi connectivity index (χ3n) is 8.12. The number of furan rings is 2. The minimum Gasteiger partial charge on any atom is -0.456 e. The zero-order valence-electron chi connectivity index (χ0n) is 22.7. The molecule has 0 fully saturated rings. The van der Waals surface area contributed by atoms with Gasteiger partial charge in [0.15, 0.2) is 0 Å². The van der Waals surface area contributed by atoms with E-state index in [-0.39, 0.29) is 0 Å². The van der Waals surface area contributed by atoms with Gasteiger partial charge in [0.1, 0.15) is 27.3 Å². The molecular formula is C38H20N2O2S. The van der Waals surface area contributed by atoms with Crippen LogP contribution in [0, 0.1) is 11.3 Å². The Morgan fingerprint density at radius 2 is 1.07 bits per heavy atom. The van der Waals surface area contributed by atoms with E-state index in [1.807, 2.05) is 54.6 Å². The molecule has 0 amide bonds. The maximum Gasteiger partial charge on any atom is 0.136 e. The molecule has 0 aliphatic carbocycles. The van der Waals surface area contributed by atoms with Gasteiger partial charge < -0.3 is 8.83 Å². The summed E-state index contributed by atoms with van der Waals surface area (Å²) in [4.78, 5) is 4.96. The Labute approximate surface area is 249 Å². The predicted molar refractivity (Wildman–Crippen MR) is 175 cm³/mol. The molecule has 200 valence electrons. The number of hydrogen-bond acceptors (Lipinski definition) is 5. The quantitative estimate of drug-likeness (QED) is 0.213. The lowest BCUT2D eigenvalue weighted by atomic mass is 9.95. The largest absolute Gasteiger partial charge is 0.456 e. The van der Waals surface area contributed by atoms with E-state index >= 15 is 0 Å². The lowest BCUT2D eigenvalue weighted by Crippen LogP contribution is -1.86. The molecular weight excluding hydrogens is 548 g/mol. The van der Waals surface area contributed by atoms with Crippen molar-refractivity contribution in [2.45, 2.75) is 0 Å². The van der Waals surface area contributed by atoms with Crippen LogP contribution in [0.15, 0.2) is 130 Å². The average Bonchev–Trinajstić information content (AvgIpc) is 3.76. The Balaban J connectivity index is 1.25. The van der Waals surface area contributed by atoms with Crippen LogP contribution in [0.5, 0.6) is 0 Å². The van der Waals surface area contributed by atoms with Gasteiger partial charge in [-0.3, -0.25) is 0 Å². The monoisotopic (exact) mass is 568 g/mol. The molecule has 9 aromatic rings. The molecule has 0 unspecified atom stereocenters. The summed E-state index contributed by atoms with van der Waals surface area (Å²) in [7, 11) is 0. The lowest BCUT2D eigenvalue weighted by Gasteiger charge is -2.10. The predicted octanol–water partition coefficient (Wildman–Crippen LogP) is 11.0. The van der Waals surface area contributed by atoms with Gasteiger partial charge in [0.05, 0.1) is 21.8 Å². The molecule has 3 heterocycles. The molecule has 9 rings (SSSR count). The number of fused-ring (bicyclic) bond motifs is 7. The first kappa shape index (κ1) is 24.0. The summed E-state index contributed by atoms with van der Waals surface area (Å²) in [6.07, 6.45) is 0. The number of aromatic nitrogens is 1. The molecule has 6 aromatic carbocycles. The Kier molecular flexibility index (Phi) is 5.10. The summed E-state index contributed by atoms with van der Waals surface area (Å²) in [5.74, 6) is 0. The highest BCUT2D eigenvalue weighted by Crippen LogP contribution is 2.39. The lowest BCUT2D eigenvalue weighted by molar-refractivity contribution is 0.668. The summed E-state index contributed by atoms with van der Waals surface area (Å²) in [6.45, 7) is 0. The first-order valence-corrected chi connectivity index (χ1v) is 14.8. The molecule has 4 nitrogen and oxygen atoms in total. The zero-order chi connectivity index (χ0) is 28.5. The third-order valence-corrected chi connectivity index (χ3v) is 9.19. The number of para-hydroxylation sites is 2. The second-order valence-electron chi connectivity index (χ2n) is 10.7. The van der Waals surface area contributed by atoms with Crippen molar-refractivity contribution in [3.63, 3.8) is 0 Å². The van der Waals surface area contributed by atoms with Crippen LogP contribution in [-0.4, -0.2) is 4.98 Å². The van der Waals surface area contributed by atoms with Gasteiger partial charge in [0.25, 0.3) is 0 Å². The van der Waals surface area contributed by atoms with Crippen molar-refractivity contribution < 1.29 is 8.83 Å². The zero-order valence-corrected chi connectivity index (χ0v) is 23.5. The molecule has 0 spiro atoms. The molecule has 43 heavy (non-hydrogen) atoms. The van der Waals surface area contributed by atoms with E-state index in [4.69, 9.17) is 13.8 Å². The number of benzene rings is 6. The Morgan fingerprint density at radius 1 is 0.512 bits per heavy atom. The van der Waals surface area contributed by atoms with Crippen LogP contribution in [0.4, 0.5) is 0 Å². The van der Waals surface area contributed by atoms with Gasteiger partial charge in [0.2, 0.25) is 0 Å². The molecule has 0 radical (unpaired) electrons. The van der Waals surface area contributed by atoms with Gasteiger partial charge in [-0.15, -0.1) is 11.3 Å². The van der Waals surface area contributed by atoms with E-state index < -0.39 is 0 Å². The van der Waals surface area contributed by atoms with Gasteiger partial charge >= 0.3 is 0 Å². The fraction of sp³-hybridized carbons (Fsp3) is 0. The maximum absolute atomic E-state index is 9.41. The van der Waals surface area contributed by atoms with Crippen molar-refractivity contribution in [1.29, 1.82) is 5.26 Å². The Hall–Kier alpha value is -5.70. The van der Waals surface area contributed by atoms with Gasteiger partial charge in [-0.25, -0.2) is 4.98 Å². The van der Waals surface area contributed by atoms with Crippen LogP contribution in [-0.2, 0) is 0 Å². The van der Waals surface area contributed by atoms with E-state index in [1.54, 1.807) is 11.3 Å². The number of nitrogens with zero attached hydrogens (tertiary/aromatic N) is 2. The second kappa shape index (κ2) is 9.15. The van der Waals surface area contributed by atoms with E-state index in [9.17, 15) is 5.26 Å². The molecule has 0 saturated carbocycles. The topological polar surface area (TPSA) is 63.0 Å². The molecule has 0 bridgehead atoms. The van der Waals surface area contributed by atoms with Crippen molar-refractivity contribution in [3.05, 3.63) is 127 Å². The van der Waals surface area contributed by atoms with Crippen molar-refractivity contribution in [1.82, 2.24) is 4.98 Å². The average molecular weight is 569 g/mol. The first-order valence-electron chi connectivity index (χ1n) is 14.0. The van der Waals surface area contributed by atoms with Gasteiger partial charge in [-0.05, 0) is 95.1 Å². The van der Waals surface area contributed by atoms with E-state index in [0.717, 1.165) is 86.9 Å². The van der Waals surface area contributed by atoms with Crippen LogP contribution in [0.1, 0.15) is 5.56 Å². The van der Waals surface area contributed by atoms with Crippen molar-refractivity contribution in [2.75, 3.05) is 0 Å². The van der Waals surface area contributed by atoms with Crippen molar-refractivity contribution >= 4 is 65.4 Å². The minimum absolute atomic E-state index is 0.635. The molecule has 0 aliphatic heterocycles. The fourth-order valence-corrected chi connectivity index (χ4v) is 7.01. The van der Waals surface area contributed by atoms with Gasteiger partial charge in [0, 0.05) is 27.1 Å². The van der Waals surface area contributed by atoms with Crippen LogP contribution in [0.2, 0.25) is 0 Å². The SMILES string of the molecule is N#Cc1ccc2nc(-c3cc(-c4ccc5c(c4)oc4ccccc45)cc(-c4ccc5c(c4)oc4ccccc45)c3)sc2c1. The summed E-state index contributed by atoms with van der Waals surface area (Å²) in [5.41, 5.74) is 10.3. The smallest absolute Gasteiger partial charge is 0.136 e. The van der Waals surface area contributed by atoms with E-state index in [2.05, 4.69) is 72.8 Å². The number of hydrogen-bond donors (Lipinski definition) is 0. The van der Waals surface area contributed by atoms with Crippen LogP contribution in [0.25, 0.3) is 86.9 Å². The van der Waals surface area contributed by atoms with Gasteiger partial charge in [-0.1, -0.05) is 48.5 Å². The molecule has 5 heteroatoms. The Morgan fingerprint density at radius 3 is 1.67 bits per heavy atom. The minimum atomic E-state index is 0.635.